The summed E-state index contributed by atoms with van der Waals surface area (Å²) in [6, 6.07) is 17.1. The van der Waals surface area contributed by atoms with Crippen LogP contribution in [0, 0.1) is 0 Å². The predicted molar refractivity (Wildman–Crippen MR) is 112 cm³/mol. The first-order valence-electron chi connectivity index (χ1n) is 9.85. The molecule has 0 unspecified atom stereocenters. The third-order valence-electron chi connectivity index (χ3n) is 5.11. The Labute approximate surface area is 167 Å². The van der Waals surface area contributed by atoms with Gasteiger partial charge in [-0.25, -0.2) is 12.7 Å². The summed E-state index contributed by atoms with van der Waals surface area (Å²) in [5.41, 5.74) is 2.52. The molecule has 1 aliphatic rings. The Kier molecular flexibility index (Phi) is 6.86. The standard InChI is InChI=1S/C22H28N2O3S/c1-18(9-10-19-7-3-2-4-8-19)23-22(25)21-13-11-20(12-14-21)17-28(26,27)24-15-5-6-16-24/h2-4,7-8,11-14,18H,5-6,9-10,15-17H2,1H3,(H,23,25)/t18-/m0/s1. The van der Waals surface area contributed by atoms with Crippen LogP contribution >= 0.6 is 0 Å². The number of carbonyl (C=O) groups is 1. The summed E-state index contributed by atoms with van der Waals surface area (Å²) in [7, 11) is -3.27. The number of benzene rings is 2. The highest BCUT2D eigenvalue weighted by molar-refractivity contribution is 7.88. The molecule has 1 aliphatic heterocycles. The van der Waals surface area contributed by atoms with Crippen LogP contribution in [-0.4, -0.2) is 37.8 Å². The van der Waals surface area contributed by atoms with Crippen LogP contribution in [0.2, 0.25) is 0 Å². The van der Waals surface area contributed by atoms with Crippen LogP contribution in [0.25, 0.3) is 0 Å². The Balaban J connectivity index is 1.51. The molecule has 3 rings (SSSR count). The lowest BCUT2D eigenvalue weighted by Gasteiger charge is -2.16. The number of amides is 1. The van der Waals surface area contributed by atoms with Gasteiger partial charge < -0.3 is 5.32 Å². The summed E-state index contributed by atoms with van der Waals surface area (Å²) in [6.07, 6.45) is 3.64. The Morgan fingerprint density at radius 3 is 2.29 bits per heavy atom. The van der Waals surface area contributed by atoms with Gasteiger partial charge in [0.1, 0.15) is 0 Å². The van der Waals surface area contributed by atoms with E-state index in [0.717, 1.165) is 25.7 Å². The molecule has 1 N–H and O–H groups in total. The lowest BCUT2D eigenvalue weighted by Crippen LogP contribution is -2.33. The van der Waals surface area contributed by atoms with Crippen molar-refractivity contribution in [1.29, 1.82) is 0 Å². The Morgan fingerprint density at radius 1 is 1.00 bits per heavy atom. The Hall–Kier alpha value is -2.18. The van der Waals surface area contributed by atoms with E-state index >= 15 is 0 Å². The third kappa shape index (κ3) is 5.66. The first kappa shape index (κ1) is 20.6. The fourth-order valence-corrected chi connectivity index (χ4v) is 5.04. The van der Waals surface area contributed by atoms with Gasteiger partial charge in [0, 0.05) is 24.7 Å². The molecule has 28 heavy (non-hydrogen) atoms. The second-order valence-corrected chi connectivity index (χ2v) is 9.43. The number of aryl methyl sites for hydroxylation is 1. The van der Waals surface area contributed by atoms with E-state index < -0.39 is 10.0 Å². The second kappa shape index (κ2) is 9.34. The molecule has 2 aromatic rings. The van der Waals surface area contributed by atoms with Gasteiger partial charge >= 0.3 is 0 Å². The van der Waals surface area contributed by atoms with Crippen molar-refractivity contribution in [2.24, 2.45) is 0 Å². The average Bonchev–Trinajstić information content (AvgIpc) is 3.23. The van der Waals surface area contributed by atoms with Crippen LogP contribution in [0.4, 0.5) is 0 Å². The van der Waals surface area contributed by atoms with E-state index in [4.69, 9.17) is 0 Å². The number of nitrogens with one attached hydrogen (secondary N) is 1. The molecule has 0 aromatic heterocycles. The molecule has 0 bridgehead atoms. The molecule has 1 saturated heterocycles. The van der Waals surface area contributed by atoms with Crippen molar-refractivity contribution in [1.82, 2.24) is 9.62 Å². The van der Waals surface area contributed by atoms with Crippen molar-refractivity contribution < 1.29 is 13.2 Å². The lowest BCUT2D eigenvalue weighted by molar-refractivity contribution is 0.0938. The van der Waals surface area contributed by atoms with E-state index in [1.165, 1.54) is 5.56 Å². The van der Waals surface area contributed by atoms with Crippen molar-refractivity contribution in [3.63, 3.8) is 0 Å². The zero-order valence-electron chi connectivity index (χ0n) is 16.3. The molecule has 1 amide bonds. The SMILES string of the molecule is C[C@@H](CCc1ccccc1)NC(=O)c1ccc(CS(=O)(=O)N2CCCC2)cc1. The first-order chi connectivity index (χ1) is 13.4. The van der Waals surface area contributed by atoms with Crippen molar-refractivity contribution in [2.75, 3.05) is 13.1 Å². The summed E-state index contributed by atoms with van der Waals surface area (Å²) in [6.45, 7) is 3.23. The quantitative estimate of drug-likeness (QED) is 0.739. The summed E-state index contributed by atoms with van der Waals surface area (Å²) in [4.78, 5) is 12.4. The largest absolute Gasteiger partial charge is 0.350 e. The smallest absolute Gasteiger partial charge is 0.251 e. The summed E-state index contributed by atoms with van der Waals surface area (Å²) < 4.78 is 26.4. The van der Waals surface area contributed by atoms with Crippen LogP contribution in [0.1, 0.15) is 47.7 Å². The molecule has 1 atom stereocenters. The van der Waals surface area contributed by atoms with E-state index in [1.54, 1.807) is 28.6 Å². The fraction of sp³-hybridized carbons (Fsp3) is 0.409. The summed E-state index contributed by atoms with van der Waals surface area (Å²) >= 11 is 0. The van der Waals surface area contributed by atoms with Crippen molar-refractivity contribution in [3.8, 4) is 0 Å². The summed E-state index contributed by atoms with van der Waals surface area (Å²) in [5, 5.41) is 3.01. The van der Waals surface area contributed by atoms with Gasteiger partial charge in [-0.3, -0.25) is 4.79 Å². The topological polar surface area (TPSA) is 66.5 Å². The van der Waals surface area contributed by atoms with E-state index in [1.807, 2.05) is 25.1 Å². The minimum Gasteiger partial charge on any atom is -0.350 e. The van der Waals surface area contributed by atoms with Gasteiger partial charge in [0.2, 0.25) is 10.0 Å². The number of sulfonamides is 1. The maximum Gasteiger partial charge on any atom is 0.251 e. The number of hydrogen-bond acceptors (Lipinski definition) is 3. The van der Waals surface area contributed by atoms with Crippen LogP contribution in [0.3, 0.4) is 0 Å². The number of rotatable bonds is 8. The zero-order chi connectivity index (χ0) is 20.0. The molecule has 1 fully saturated rings. The highest BCUT2D eigenvalue weighted by Gasteiger charge is 2.25. The highest BCUT2D eigenvalue weighted by atomic mass is 32.2. The molecule has 2 aromatic carbocycles. The molecule has 150 valence electrons. The van der Waals surface area contributed by atoms with Crippen LogP contribution < -0.4 is 5.32 Å². The average molecular weight is 401 g/mol. The van der Waals surface area contributed by atoms with E-state index in [0.29, 0.717) is 24.2 Å². The molecular weight excluding hydrogens is 372 g/mol. The zero-order valence-corrected chi connectivity index (χ0v) is 17.1. The molecule has 1 heterocycles. The normalized spacial score (nSPS) is 16.0. The predicted octanol–water partition coefficient (Wildman–Crippen LogP) is 3.36. The molecule has 0 saturated carbocycles. The van der Waals surface area contributed by atoms with Gasteiger partial charge in [-0.05, 0) is 55.9 Å². The van der Waals surface area contributed by atoms with E-state index in [9.17, 15) is 13.2 Å². The molecule has 5 nitrogen and oxygen atoms in total. The van der Waals surface area contributed by atoms with E-state index in [-0.39, 0.29) is 17.7 Å². The summed E-state index contributed by atoms with van der Waals surface area (Å²) in [5.74, 6) is -0.142. The maximum absolute atomic E-state index is 12.4. The van der Waals surface area contributed by atoms with Gasteiger partial charge in [-0.15, -0.1) is 0 Å². The monoisotopic (exact) mass is 400 g/mol. The van der Waals surface area contributed by atoms with Crippen LogP contribution in [0.15, 0.2) is 54.6 Å². The Bertz CT molecular complexity index is 874. The number of nitrogens with zero attached hydrogens (tertiary/aromatic N) is 1. The number of carbonyl (C=O) groups excluding carboxylic acids is 1. The van der Waals surface area contributed by atoms with Gasteiger partial charge in [0.15, 0.2) is 0 Å². The van der Waals surface area contributed by atoms with Gasteiger partial charge in [-0.1, -0.05) is 42.5 Å². The molecular formula is C22H28N2O3S. The van der Waals surface area contributed by atoms with Crippen molar-refractivity contribution in [3.05, 3.63) is 71.3 Å². The van der Waals surface area contributed by atoms with Gasteiger partial charge in [0.05, 0.1) is 5.75 Å². The van der Waals surface area contributed by atoms with Crippen LogP contribution in [0.5, 0.6) is 0 Å². The third-order valence-corrected chi connectivity index (χ3v) is 6.96. The Morgan fingerprint density at radius 2 is 1.64 bits per heavy atom. The molecule has 6 heteroatoms. The van der Waals surface area contributed by atoms with Gasteiger partial charge in [-0.2, -0.15) is 0 Å². The van der Waals surface area contributed by atoms with Crippen molar-refractivity contribution in [2.45, 2.75) is 44.4 Å². The number of hydrogen-bond donors (Lipinski definition) is 1. The lowest BCUT2D eigenvalue weighted by atomic mass is 10.1. The molecule has 0 aliphatic carbocycles. The minimum absolute atomic E-state index is 0.0115. The van der Waals surface area contributed by atoms with Crippen molar-refractivity contribution >= 4 is 15.9 Å². The highest BCUT2D eigenvalue weighted by Crippen LogP contribution is 2.17. The first-order valence-corrected chi connectivity index (χ1v) is 11.5. The fourth-order valence-electron chi connectivity index (χ4n) is 3.43. The second-order valence-electron chi connectivity index (χ2n) is 7.46. The van der Waals surface area contributed by atoms with Crippen LogP contribution in [-0.2, 0) is 22.2 Å². The minimum atomic E-state index is -3.27. The van der Waals surface area contributed by atoms with Gasteiger partial charge in [0.25, 0.3) is 5.91 Å². The maximum atomic E-state index is 12.4. The molecule has 0 spiro atoms. The molecule has 0 radical (unpaired) electrons. The van der Waals surface area contributed by atoms with E-state index in [2.05, 4.69) is 17.4 Å².